The van der Waals surface area contributed by atoms with Gasteiger partial charge in [-0.1, -0.05) is 121 Å². The van der Waals surface area contributed by atoms with Gasteiger partial charge >= 0.3 is 0 Å². The molecule has 0 fully saturated rings. The normalized spacial score (nSPS) is 11.3. The van der Waals surface area contributed by atoms with Crippen molar-refractivity contribution in [3.63, 3.8) is 0 Å². The Kier molecular flexibility index (Phi) is 5.82. The van der Waals surface area contributed by atoms with Gasteiger partial charge in [0.15, 0.2) is 0 Å². The molecular weight excluding hydrogens is 510 g/mol. The van der Waals surface area contributed by atoms with Crippen LogP contribution in [-0.4, -0.2) is 0 Å². The summed E-state index contributed by atoms with van der Waals surface area (Å²) in [4.78, 5) is 2.36. The lowest BCUT2D eigenvalue weighted by atomic mass is 9.95. The van der Waals surface area contributed by atoms with E-state index in [9.17, 15) is 0 Å². The smallest absolute Gasteiger partial charge is 0.143 e. The monoisotopic (exact) mass is 537 g/mol. The van der Waals surface area contributed by atoms with Crippen molar-refractivity contribution in [2.24, 2.45) is 0 Å². The maximum atomic E-state index is 6.62. The Morgan fingerprint density at radius 1 is 0.405 bits per heavy atom. The molecule has 0 aliphatic heterocycles. The Morgan fingerprint density at radius 2 is 1.00 bits per heavy atom. The van der Waals surface area contributed by atoms with Gasteiger partial charge in [0.05, 0.1) is 5.69 Å². The molecule has 42 heavy (non-hydrogen) atoms. The molecule has 0 unspecified atom stereocenters. The van der Waals surface area contributed by atoms with Crippen LogP contribution in [0, 0.1) is 0 Å². The Balaban J connectivity index is 1.42. The number of anilines is 3. The summed E-state index contributed by atoms with van der Waals surface area (Å²) in [6.45, 7) is 0. The molecule has 0 bridgehead atoms. The van der Waals surface area contributed by atoms with Crippen molar-refractivity contribution in [1.82, 2.24) is 0 Å². The minimum atomic E-state index is 0.886. The van der Waals surface area contributed by atoms with Crippen LogP contribution in [0.5, 0.6) is 0 Å². The second-order valence-corrected chi connectivity index (χ2v) is 10.5. The number of rotatable bonds is 5. The molecule has 0 aliphatic rings. The maximum absolute atomic E-state index is 6.62. The van der Waals surface area contributed by atoms with E-state index in [2.05, 4.69) is 169 Å². The highest BCUT2D eigenvalue weighted by Crippen LogP contribution is 2.47. The largest absolute Gasteiger partial charge is 0.455 e. The number of fused-ring (bicyclic) bond motifs is 5. The summed E-state index contributed by atoms with van der Waals surface area (Å²) in [5.74, 6) is 0. The fourth-order valence-electron chi connectivity index (χ4n) is 6.11. The van der Waals surface area contributed by atoms with Crippen LogP contribution in [0.4, 0.5) is 17.1 Å². The molecule has 0 N–H and O–H groups in total. The number of benzene rings is 7. The number of nitrogens with zero attached hydrogens (tertiary/aromatic N) is 1. The Labute approximate surface area is 244 Å². The average Bonchev–Trinajstić information content (AvgIpc) is 3.46. The highest BCUT2D eigenvalue weighted by Gasteiger charge is 2.23. The third kappa shape index (κ3) is 4.05. The van der Waals surface area contributed by atoms with Crippen LogP contribution in [0.25, 0.3) is 55.0 Å². The summed E-state index contributed by atoms with van der Waals surface area (Å²) in [5.41, 5.74) is 9.80. The van der Waals surface area contributed by atoms with Crippen molar-refractivity contribution < 1.29 is 4.42 Å². The first-order valence-electron chi connectivity index (χ1n) is 14.3. The molecule has 1 aromatic heterocycles. The van der Waals surface area contributed by atoms with Crippen LogP contribution in [0.2, 0.25) is 0 Å². The lowest BCUT2D eigenvalue weighted by Crippen LogP contribution is -2.11. The van der Waals surface area contributed by atoms with Gasteiger partial charge < -0.3 is 9.32 Å². The molecule has 7 aromatic carbocycles. The Bertz CT molecular complexity index is 2160. The molecule has 198 valence electrons. The third-order valence-electron chi connectivity index (χ3n) is 8.06. The van der Waals surface area contributed by atoms with Crippen molar-refractivity contribution in [1.29, 1.82) is 0 Å². The van der Waals surface area contributed by atoms with E-state index in [1.165, 1.54) is 16.5 Å². The molecule has 1 heterocycles. The molecule has 2 nitrogen and oxygen atoms in total. The third-order valence-corrected chi connectivity index (χ3v) is 8.06. The van der Waals surface area contributed by atoms with E-state index in [4.69, 9.17) is 4.42 Å². The highest BCUT2D eigenvalue weighted by molar-refractivity contribution is 6.21. The molecule has 8 aromatic rings. The van der Waals surface area contributed by atoms with Gasteiger partial charge in [-0.05, 0) is 64.5 Å². The quantitative estimate of drug-likeness (QED) is 0.217. The van der Waals surface area contributed by atoms with Crippen LogP contribution >= 0.6 is 0 Å². The van der Waals surface area contributed by atoms with Gasteiger partial charge in [-0.2, -0.15) is 0 Å². The summed E-state index contributed by atoms with van der Waals surface area (Å²) in [7, 11) is 0. The summed E-state index contributed by atoms with van der Waals surface area (Å²) in [6, 6.07) is 57.8. The zero-order chi connectivity index (χ0) is 27.9. The van der Waals surface area contributed by atoms with Crippen LogP contribution in [0.3, 0.4) is 0 Å². The van der Waals surface area contributed by atoms with E-state index in [1.807, 2.05) is 0 Å². The molecule has 8 rings (SSSR count). The van der Waals surface area contributed by atoms with Gasteiger partial charge in [0.25, 0.3) is 0 Å². The fraction of sp³-hybridized carbons (Fsp3) is 0. The van der Waals surface area contributed by atoms with Crippen molar-refractivity contribution in [2.75, 3.05) is 4.90 Å². The number of hydrogen-bond donors (Lipinski definition) is 0. The minimum absolute atomic E-state index is 0.886. The molecule has 0 saturated heterocycles. The molecule has 0 spiro atoms. The number of furan rings is 1. The summed E-state index contributed by atoms with van der Waals surface area (Å²) in [5, 5.41) is 4.55. The van der Waals surface area contributed by atoms with Crippen LogP contribution in [0.15, 0.2) is 168 Å². The number of para-hydroxylation sites is 1. The predicted molar refractivity (Wildman–Crippen MR) is 177 cm³/mol. The fourth-order valence-corrected chi connectivity index (χ4v) is 6.11. The zero-order valence-electron chi connectivity index (χ0n) is 22.9. The summed E-state index contributed by atoms with van der Waals surface area (Å²) >= 11 is 0. The highest BCUT2D eigenvalue weighted by atomic mass is 16.3. The van der Waals surface area contributed by atoms with Gasteiger partial charge in [-0.15, -0.1) is 0 Å². The average molecular weight is 538 g/mol. The molecule has 0 amide bonds. The van der Waals surface area contributed by atoms with Crippen LogP contribution in [-0.2, 0) is 0 Å². The second kappa shape index (κ2) is 10.1. The van der Waals surface area contributed by atoms with Gasteiger partial charge in [0.1, 0.15) is 11.2 Å². The van der Waals surface area contributed by atoms with Gasteiger partial charge in [-0.25, -0.2) is 0 Å². The van der Waals surface area contributed by atoms with Crippen molar-refractivity contribution in [3.8, 4) is 22.3 Å². The Hall–Kier alpha value is -5.60. The van der Waals surface area contributed by atoms with E-state index >= 15 is 0 Å². The maximum Gasteiger partial charge on any atom is 0.143 e. The second-order valence-electron chi connectivity index (χ2n) is 10.5. The van der Waals surface area contributed by atoms with Crippen molar-refractivity contribution >= 4 is 49.8 Å². The van der Waals surface area contributed by atoms with E-state index in [1.54, 1.807) is 0 Å². The first-order chi connectivity index (χ1) is 20.8. The van der Waals surface area contributed by atoms with E-state index < -0.39 is 0 Å². The SMILES string of the molecule is c1ccc(-c2ccc(N(c3ccccc3)c3ccc4oc5c6ccccc6ccc5c4c3-c3ccccc3)cc2)cc1. The first-order valence-corrected chi connectivity index (χ1v) is 14.3. The lowest BCUT2D eigenvalue weighted by Gasteiger charge is -2.28. The first kappa shape index (κ1) is 24.2. The van der Waals surface area contributed by atoms with E-state index in [-0.39, 0.29) is 0 Å². The molecular formula is C40H27NO. The molecule has 0 atom stereocenters. The van der Waals surface area contributed by atoms with Crippen LogP contribution < -0.4 is 4.90 Å². The van der Waals surface area contributed by atoms with Gasteiger partial charge in [0, 0.05) is 33.1 Å². The van der Waals surface area contributed by atoms with Crippen molar-refractivity contribution in [3.05, 3.63) is 164 Å². The summed E-state index contributed by atoms with van der Waals surface area (Å²) < 4.78 is 6.62. The van der Waals surface area contributed by atoms with Crippen molar-refractivity contribution in [2.45, 2.75) is 0 Å². The standard InChI is InChI=1S/C40H27NO/c1-4-12-28(13-5-1)29-20-23-33(24-21-29)41(32-17-8-3-9-18-32)36-26-27-37-39(38(36)31-15-6-2-7-16-31)35-25-22-30-14-10-11-19-34(30)40(35)42-37/h1-27H. The van der Waals surface area contributed by atoms with E-state index in [0.717, 1.165) is 55.5 Å². The minimum Gasteiger partial charge on any atom is -0.455 e. The topological polar surface area (TPSA) is 16.4 Å². The van der Waals surface area contributed by atoms with Crippen LogP contribution in [0.1, 0.15) is 0 Å². The van der Waals surface area contributed by atoms with Gasteiger partial charge in [0.2, 0.25) is 0 Å². The Morgan fingerprint density at radius 3 is 1.74 bits per heavy atom. The lowest BCUT2D eigenvalue weighted by molar-refractivity contribution is 0.673. The summed E-state index contributed by atoms with van der Waals surface area (Å²) in [6.07, 6.45) is 0. The van der Waals surface area contributed by atoms with Gasteiger partial charge in [-0.3, -0.25) is 0 Å². The predicted octanol–water partition coefficient (Wildman–Crippen LogP) is 11.5. The molecule has 0 saturated carbocycles. The van der Waals surface area contributed by atoms with E-state index in [0.29, 0.717) is 0 Å². The molecule has 0 aliphatic carbocycles. The zero-order valence-corrected chi connectivity index (χ0v) is 22.9. The molecule has 2 heteroatoms. The molecule has 0 radical (unpaired) electrons. The number of hydrogen-bond acceptors (Lipinski definition) is 2.